The Morgan fingerprint density at radius 2 is 2.29 bits per heavy atom. The predicted octanol–water partition coefficient (Wildman–Crippen LogP) is 1.77. The first-order valence-corrected chi connectivity index (χ1v) is 5.97. The Hall–Kier alpha value is -1.42. The quantitative estimate of drug-likeness (QED) is 0.863. The summed E-state index contributed by atoms with van der Waals surface area (Å²) in [6.45, 7) is 0.582. The summed E-state index contributed by atoms with van der Waals surface area (Å²) in [5, 5.41) is 3.11. The Bertz CT molecular complexity index is 372. The molecule has 4 heteroatoms. The van der Waals surface area contributed by atoms with E-state index in [0.717, 1.165) is 25.7 Å². The maximum Gasteiger partial charge on any atom is 0.253 e. The number of pyridine rings is 1. The Balaban J connectivity index is 2.06. The van der Waals surface area contributed by atoms with Crippen molar-refractivity contribution in [1.29, 1.82) is 0 Å². The van der Waals surface area contributed by atoms with Crippen LogP contribution in [-0.2, 0) is 4.74 Å². The van der Waals surface area contributed by atoms with Crippen molar-refractivity contribution in [2.24, 2.45) is 0 Å². The Morgan fingerprint density at radius 3 is 2.88 bits per heavy atom. The van der Waals surface area contributed by atoms with E-state index in [1.54, 1.807) is 31.6 Å². The van der Waals surface area contributed by atoms with Gasteiger partial charge in [-0.15, -0.1) is 0 Å². The number of rotatable bonds is 4. The zero-order chi connectivity index (χ0) is 12.1. The fourth-order valence-corrected chi connectivity index (χ4v) is 2.44. The van der Waals surface area contributed by atoms with Crippen molar-refractivity contribution in [2.45, 2.75) is 31.2 Å². The molecule has 1 saturated carbocycles. The van der Waals surface area contributed by atoms with E-state index < -0.39 is 0 Å². The summed E-state index contributed by atoms with van der Waals surface area (Å²) in [6, 6.07) is 3.55. The molecule has 0 bridgehead atoms. The van der Waals surface area contributed by atoms with Crippen molar-refractivity contribution in [2.75, 3.05) is 13.7 Å². The van der Waals surface area contributed by atoms with Gasteiger partial charge in [-0.25, -0.2) is 0 Å². The van der Waals surface area contributed by atoms with Crippen LogP contribution in [0.25, 0.3) is 0 Å². The van der Waals surface area contributed by atoms with E-state index in [0.29, 0.717) is 12.2 Å². The van der Waals surface area contributed by atoms with Crippen LogP contribution in [0.5, 0.6) is 0 Å². The lowest BCUT2D eigenvalue weighted by molar-refractivity contribution is 0.0767. The molecule has 4 nitrogen and oxygen atoms in total. The Labute approximate surface area is 101 Å². The molecule has 92 valence electrons. The van der Waals surface area contributed by atoms with E-state index in [4.69, 9.17) is 4.74 Å². The summed E-state index contributed by atoms with van der Waals surface area (Å²) in [6.07, 6.45) is 7.54. The van der Waals surface area contributed by atoms with Gasteiger partial charge in [-0.3, -0.25) is 9.78 Å². The lowest BCUT2D eigenvalue weighted by Crippen LogP contribution is -2.49. The number of nitrogens with one attached hydrogen (secondary N) is 1. The molecular formula is C13H18N2O2. The largest absolute Gasteiger partial charge is 0.382 e. The van der Waals surface area contributed by atoms with Gasteiger partial charge in [-0.1, -0.05) is 12.8 Å². The van der Waals surface area contributed by atoms with E-state index in [9.17, 15) is 4.79 Å². The molecule has 0 unspecified atom stereocenters. The number of aromatic nitrogens is 1. The van der Waals surface area contributed by atoms with E-state index in [1.165, 1.54) is 0 Å². The summed E-state index contributed by atoms with van der Waals surface area (Å²) in [5.41, 5.74) is 0.427. The van der Waals surface area contributed by atoms with Gasteiger partial charge in [0.05, 0.1) is 17.7 Å². The van der Waals surface area contributed by atoms with E-state index in [1.807, 2.05) is 0 Å². The van der Waals surface area contributed by atoms with Crippen LogP contribution in [-0.4, -0.2) is 30.1 Å². The summed E-state index contributed by atoms with van der Waals surface area (Å²) >= 11 is 0. The van der Waals surface area contributed by atoms with Crippen LogP contribution in [0.2, 0.25) is 0 Å². The van der Waals surface area contributed by atoms with Gasteiger partial charge >= 0.3 is 0 Å². The molecular weight excluding hydrogens is 216 g/mol. The van der Waals surface area contributed by atoms with E-state index in [-0.39, 0.29) is 11.4 Å². The lowest BCUT2D eigenvalue weighted by Gasteiger charge is -2.29. The number of nitrogens with zero attached hydrogens (tertiary/aromatic N) is 1. The highest BCUT2D eigenvalue weighted by Crippen LogP contribution is 2.30. The third-order valence-electron chi connectivity index (χ3n) is 3.28. The second-order valence-corrected chi connectivity index (χ2v) is 4.62. The van der Waals surface area contributed by atoms with E-state index >= 15 is 0 Å². The van der Waals surface area contributed by atoms with Gasteiger partial charge in [0.2, 0.25) is 0 Å². The number of amides is 1. The average Bonchev–Trinajstić information content (AvgIpc) is 2.79. The van der Waals surface area contributed by atoms with Gasteiger partial charge in [0, 0.05) is 19.5 Å². The predicted molar refractivity (Wildman–Crippen MR) is 64.8 cm³/mol. The highest BCUT2D eigenvalue weighted by Gasteiger charge is 2.35. The maximum atomic E-state index is 12.1. The van der Waals surface area contributed by atoms with E-state index in [2.05, 4.69) is 10.3 Å². The summed E-state index contributed by atoms with van der Waals surface area (Å²) in [7, 11) is 1.68. The first kappa shape index (κ1) is 12.0. The second kappa shape index (κ2) is 5.27. The number of hydrogen-bond donors (Lipinski definition) is 1. The van der Waals surface area contributed by atoms with Crippen molar-refractivity contribution >= 4 is 5.91 Å². The minimum Gasteiger partial charge on any atom is -0.382 e. The molecule has 0 saturated heterocycles. The highest BCUT2D eigenvalue weighted by atomic mass is 16.5. The molecule has 1 aromatic rings. The average molecular weight is 234 g/mol. The third kappa shape index (κ3) is 2.82. The van der Waals surface area contributed by atoms with Crippen molar-refractivity contribution in [3.8, 4) is 0 Å². The smallest absolute Gasteiger partial charge is 0.253 e. The number of carbonyl (C=O) groups is 1. The van der Waals surface area contributed by atoms with Crippen LogP contribution >= 0.6 is 0 Å². The number of methoxy groups -OCH3 is 1. The van der Waals surface area contributed by atoms with Crippen LogP contribution < -0.4 is 5.32 Å². The SMILES string of the molecule is COCC1(NC(=O)c2cccnc2)CCCC1. The lowest BCUT2D eigenvalue weighted by atomic mass is 9.98. The van der Waals surface area contributed by atoms with Crippen molar-refractivity contribution in [3.63, 3.8) is 0 Å². The number of hydrogen-bond acceptors (Lipinski definition) is 3. The maximum absolute atomic E-state index is 12.1. The van der Waals surface area contributed by atoms with Gasteiger partial charge in [0.15, 0.2) is 0 Å². The molecule has 1 aliphatic rings. The molecule has 2 rings (SSSR count). The molecule has 0 radical (unpaired) electrons. The fraction of sp³-hybridized carbons (Fsp3) is 0.538. The molecule has 0 aromatic carbocycles. The second-order valence-electron chi connectivity index (χ2n) is 4.62. The Kier molecular flexibility index (Phi) is 3.74. The third-order valence-corrected chi connectivity index (χ3v) is 3.28. The van der Waals surface area contributed by atoms with Gasteiger partial charge < -0.3 is 10.1 Å². The minimum absolute atomic E-state index is 0.0583. The van der Waals surface area contributed by atoms with Crippen LogP contribution in [0.3, 0.4) is 0 Å². The summed E-state index contributed by atoms with van der Waals surface area (Å²) in [4.78, 5) is 16.0. The standard InChI is InChI=1S/C13H18N2O2/c1-17-10-13(6-2-3-7-13)15-12(16)11-5-4-8-14-9-11/h4-5,8-9H,2-3,6-7,10H2,1H3,(H,15,16). The minimum atomic E-state index is -0.179. The number of carbonyl (C=O) groups excluding carboxylic acids is 1. The fourth-order valence-electron chi connectivity index (χ4n) is 2.44. The van der Waals surface area contributed by atoms with Gasteiger partial charge in [-0.05, 0) is 25.0 Å². The van der Waals surface area contributed by atoms with Crippen LogP contribution in [0.1, 0.15) is 36.0 Å². The normalized spacial score (nSPS) is 17.9. The summed E-state index contributed by atoms with van der Waals surface area (Å²) in [5.74, 6) is -0.0583. The molecule has 1 fully saturated rings. The first-order chi connectivity index (χ1) is 8.26. The molecule has 1 aliphatic carbocycles. The molecule has 1 heterocycles. The molecule has 1 amide bonds. The molecule has 0 spiro atoms. The molecule has 1 N–H and O–H groups in total. The molecule has 0 atom stereocenters. The van der Waals surface area contributed by atoms with Gasteiger partial charge in [-0.2, -0.15) is 0 Å². The van der Waals surface area contributed by atoms with Crippen LogP contribution in [0, 0.1) is 0 Å². The topological polar surface area (TPSA) is 51.2 Å². The monoisotopic (exact) mass is 234 g/mol. The van der Waals surface area contributed by atoms with Gasteiger partial charge in [0.25, 0.3) is 5.91 Å². The van der Waals surface area contributed by atoms with Crippen LogP contribution in [0.15, 0.2) is 24.5 Å². The van der Waals surface area contributed by atoms with Crippen LogP contribution in [0.4, 0.5) is 0 Å². The van der Waals surface area contributed by atoms with Gasteiger partial charge in [0.1, 0.15) is 0 Å². The molecule has 17 heavy (non-hydrogen) atoms. The highest BCUT2D eigenvalue weighted by molar-refractivity contribution is 5.94. The zero-order valence-electron chi connectivity index (χ0n) is 10.1. The van der Waals surface area contributed by atoms with Crippen molar-refractivity contribution in [3.05, 3.63) is 30.1 Å². The Morgan fingerprint density at radius 1 is 1.53 bits per heavy atom. The van der Waals surface area contributed by atoms with Crippen molar-refractivity contribution in [1.82, 2.24) is 10.3 Å². The molecule has 1 aromatic heterocycles. The zero-order valence-corrected chi connectivity index (χ0v) is 10.1. The summed E-state index contributed by atoms with van der Waals surface area (Å²) < 4.78 is 5.24. The first-order valence-electron chi connectivity index (χ1n) is 5.97. The number of ether oxygens (including phenoxy) is 1. The molecule has 0 aliphatic heterocycles. The van der Waals surface area contributed by atoms with Crippen molar-refractivity contribution < 1.29 is 9.53 Å².